The van der Waals surface area contributed by atoms with Crippen molar-refractivity contribution in [1.82, 2.24) is 0 Å². The Morgan fingerprint density at radius 3 is 2.71 bits per heavy atom. The van der Waals surface area contributed by atoms with Crippen molar-refractivity contribution in [2.75, 3.05) is 6.61 Å². The summed E-state index contributed by atoms with van der Waals surface area (Å²) in [6.07, 6.45) is 16.0. The molecular weight excluding hydrogens is 344 g/mol. The molecule has 0 amide bonds. The Labute approximate surface area is 171 Å². The number of fused-ring (bicyclic) bond motifs is 1. The van der Waals surface area contributed by atoms with E-state index in [1.165, 1.54) is 42.1 Å². The topological polar surface area (TPSA) is 26.3 Å². The lowest BCUT2D eigenvalue weighted by Crippen LogP contribution is -2.35. The number of hydrogen-bond acceptors (Lipinski definition) is 2. The average Bonchev–Trinajstić information content (AvgIpc) is 2.61. The van der Waals surface area contributed by atoms with Gasteiger partial charge in [-0.25, -0.2) is 4.79 Å². The lowest BCUT2D eigenvalue weighted by atomic mass is 9.58. The molecule has 2 heteroatoms. The molecule has 2 rings (SSSR count). The molecule has 152 valence electrons. The molecule has 0 bridgehead atoms. The Kier molecular flexibility index (Phi) is 7.46. The van der Waals surface area contributed by atoms with Gasteiger partial charge in [0.1, 0.15) is 0 Å². The minimum Gasteiger partial charge on any atom is -0.463 e. The van der Waals surface area contributed by atoms with E-state index < -0.39 is 0 Å². The van der Waals surface area contributed by atoms with E-state index in [2.05, 4.69) is 52.5 Å². The molecule has 0 saturated heterocycles. The molecule has 0 aromatic heterocycles. The Morgan fingerprint density at radius 2 is 2.07 bits per heavy atom. The van der Waals surface area contributed by atoms with Crippen molar-refractivity contribution in [2.24, 2.45) is 17.3 Å². The predicted molar refractivity (Wildman–Crippen MR) is 119 cm³/mol. The van der Waals surface area contributed by atoms with E-state index in [1.807, 2.05) is 26.0 Å². The van der Waals surface area contributed by atoms with Crippen molar-refractivity contribution in [1.29, 1.82) is 0 Å². The maximum absolute atomic E-state index is 11.5. The van der Waals surface area contributed by atoms with Gasteiger partial charge in [0.05, 0.1) is 6.61 Å². The summed E-state index contributed by atoms with van der Waals surface area (Å²) in [7, 11) is 0. The van der Waals surface area contributed by atoms with Crippen LogP contribution in [0.3, 0.4) is 0 Å². The van der Waals surface area contributed by atoms with E-state index in [-0.39, 0.29) is 11.4 Å². The van der Waals surface area contributed by atoms with Gasteiger partial charge in [0.2, 0.25) is 0 Å². The van der Waals surface area contributed by atoms with Crippen LogP contribution < -0.4 is 0 Å². The van der Waals surface area contributed by atoms with Gasteiger partial charge in [-0.2, -0.15) is 0 Å². The average molecular weight is 381 g/mol. The summed E-state index contributed by atoms with van der Waals surface area (Å²) in [6, 6.07) is 0. The molecule has 1 saturated carbocycles. The lowest BCUT2D eigenvalue weighted by molar-refractivity contribution is -0.137. The molecule has 0 aliphatic heterocycles. The van der Waals surface area contributed by atoms with Crippen molar-refractivity contribution in [3.8, 4) is 0 Å². The van der Waals surface area contributed by atoms with Crippen LogP contribution in [0, 0.1) is 17.3 Å². The second-order valence-corrected chi connectivity index (χ2v) is 8.63. The van der Waals surface area contributed by atoms with E-state index in [9.17, 15) is 4.79 Å². The van der Waals surface area contributed by atoms with E-state index >= 15 is 0 Å². The molecule has 0 N–H and O–H groups in total. The lowest BCUT2D eigenvalue weighted by Gasteiger charge is -2.46. The molecule has 2 aliphatic rings. The van der Waals surface area contributed by atoms with Gasteiger partial charge >= 0.3 is 5.97 Å². The smallest absolute Gasteiger partial charge is 0.330 e. The molecule has 0 heterocycles. The fourth-order valence-electron chi connectivity index (χ4n) is 4.29. The Bertz CT molecular complexity index is 772. The second kappa shape index (κ2) is 9.41. The van der Waals surface area contributed by atoms with Crippen molar-refractivity contribution in [3.05, 3.63) is 70.9 Å². The first-order chi connectivity index (χ1) is 13.2. The number of ether oxygens (including phenoxy) is 1. The summed E-state index contributed by atoms with van der Waals surface area (Å²) in [4.78, 5) is 11.5. The van der Waals surface area contributed by atoms with Crippen LogP contribution in [0.5, 0.6) is 0 Å². The number of allylic oxidation sites excluding steroid dienone is 10. The highest BCUT2D eigenvalue weighted by Gasteiger charge is 2.41. The fourth-order valence-corrected chi connectivity index (χ4v) is 4.29. The van der Waals surface area contributed by atoms with Crippen molar-refractivity contribution in [2.45, 2.75) is 60.8 Å². The van der Waals surface area contributed by atoms with Gasteiger partial charge < -0.3 is 4.74 Å². The van der Waals surface area contributed by atoms with Gasteiger partial charge in [0.25, 0.3) is 0 Å². The van der Waals surface area contributed by atoms with E-state index in [0.29, 0.717) is 18.4 Å². The molecular formula is C26H36O2. The summed E-state index contributed by atoms with van der Waals surface area (Å²) in [5.41, 5.74) is 6.63. The molecule has 28 heavy (non-hydrogen) atoms. The number of hydrogen-bond donors (Lipinski definition) is 0. The maximum atomic E-state index is 11.5. The van der Waals surface area contributed by atoms with Gasteiger partial charge in [-0.3, -0.25) is 0 Å². The van der Waals surface area contributed by atoms with Gasteiger partial charge in [0.15, 0.2) is 0 Å². The minimum absolute atomic E-state index is 0.250. The summed E-state index contributed by atoms with van der Waals surface area (Å²) in [6.45, 7) is 17.4. The quantitative estimate of drug-likeness (QED) is 0.217. The van der Waals surface area contributed by atoms with E-state index in [4.69, 9.17) is 4.74 Å². The largest absolute Gasteiger partial charge is 0.463 e. The third kappa shape index (κ3) is 5.25. The molecule has 0 radical (unpaired) electrons. The molecule has 0 aromatic rings. The molecule has 2 aliphatic carbocycles. The number of esters is 1. The first-order valence-electron chi connectivity index (χ1n) is 10.5. The molecule has 2 nitrogen and oxygen atoms in total. The Morgan fingerprint density at radius 1 is 1.36 bits per heavy atom. The van der Waals surface area contributed by atoms with Gasteiger partial charge in [0, 0.05) is 6.08 Å². The highest BCUT2D eigenvalue weighted by Crippen LogP contribution is 2.53. The standard InChI is InChI=1S/C26H36O2/c1-8-28-25(27)14-19(4)10-9-11-20(5)23-15-21(6)26(7)17-22(18(2)3)12-13-24(26)16-23/h9-11,14-16,21-22H,2,8,12-13,17H2,1,3-7H3/b10-9+,19-14+,20-11-/t21-,22-,26+/m1/s1. The summed E-state index contributed by atoms with van der Waals surface area (Å²) < 4.78 is 4.94. The first kappa shape index (κ1) is 22.2. The zero-order valence-electron chi connectivity index (χ0n) is 18.5. The van der Waals surface area contributed by atoms with Crippen LogP contribution >= 0.6 is 0 Å². The molecule has 3 atom stereocenters. The Hall–Kier alpha value is -2.09. The SMILES string of the molecule is C=C(C)[C@@H]1CCC2=CC(\C(C)=C/C=C/C(C)=C/C(=O)OCC)=C[C@@H](C)[C@]2(C)C1. The third-order valence-corrected chi connectivity index (χ3v) is 6.42. The summed E-state index contributed by atoms with van der Waals surface area (Å²) >= 11 is 0. The fraction of sp³-hybridized carbons (Fsp3) is 0.500. The van der Waals surface area contributed by atoms with E-state index in [0.717, 1.165) is 5.57 Å². The zero-order valence-corrected chi connectivity index (χ0v) is 18.5. The molecule has 0 aromatic carbocycles. The zero-order chi connectivity index (χ0) is 20.9. The second-order valence-electron chi connectivity index (χ2n) is 8.63. The van der Waals surface area contributed by atoms with Crippen LogP contribution in [-0.2, 0) is 9.53 Å². The van der Waals surface area contributed by atoms with Gasteiger partial charge in [-0.05, 0) is 80.9 Å². The van der Waals surface area contributed by atoms with Crippen LogP contribution in [0.1, 0.15) is 60.8 Å². The first-order valence-corrected chi connectivity index (χ1v) is 10.5. The van der Waals surface area contributed by atoms with Crippen molar-refractivity contribution < 1.29 is 9.53 Å². The number of carbonyl (C=O) groups is 1. The Balaban J connectivity index is 2.13. The van der Waals surface area contributed by atoms with Crippen LogP contribution in [0.2, 0.25) is 0 Å². The summed E-state index contributed by atoms with van der Waals surface area (Å²) in [5.74, 6) is 0.874. The molecule has 1 fully saturated rings. The van der Waals surface area contributed by atoms with Gasteiger partial charge in [-0.1, -0.05) is 62.0 Å². The minimum atomic E-state index is -0.288. The van der Waals surface area contributed by atoms with Crippen molar-refractivity contribution >= 4 is 5.97 Å². The van der Waals surface area contributed by atoms with E-state index in [1.54, 1.807) is 5.57 Å². The van der Waals surface area contributed by atoms with Crippen molar-refractivity contribution in [3.63, 3.8) is 0 Å². The van der Waals surface area contributed by atoms with Crippen LogP contribution in [0.4, 0.5) is 0 Å². The normalized spacial score (nSPS) is 28.5. The highest BCUT2D eigenvalue weighted by atomic mass is 16.5. The molecule has 0 spiro atoms. The summed E-state index contributed by atoms with van der Waals surface area (Å²) in [5, 5.41) is 0. The monoisotopic (exact) mass is 380 g/mol. The molecule has 0 unspecified atom stereocenters. The van der Waals surface area contributed by atoms with Crippen LogP contribution in [0.15, 0.2) is 70.9 Å². The highest BCUT2D eigenvalue weighted by molar-refractivity contribution is 5.83. The van der Waals surface area contributed by atoms with Crippen LogP contribution in [-0.4, -0.2) is 12.6 Å². The van der Waals surface area contributed by atoms with Crippen LogP contribution in [0.25, 0.3) is 0 Å². The predicted octanol–water partition coefficient (Wildman–Crippen LogP) is 6.88. The maximum Gasteiger partial charge on any atom is 0.330 e. The third-order valence-electron chi connectivity index (χ3n) is 6.42. The van der Waals surface area contributed by atoms with Gasteiger partial charge in [-0.15, -0.1) is 0 Å². The number of rotatable bonds is 6. The number of carbonyl (C=O) groups excluding carboxylic acids is 1.